The number of nitrogens with zero attached hydrogens (tertiary/aromatic N) is 2. The van der Waals surface area contributed by atoms with Crippen molar-refractivity contribution in [2.45, 2.75) is 153 Å². The number of aliphatic hydroxyl groups is 3. The Morgan fingerprint density at radius 3 is 2.13 bits per heavy atom. The highest BCUT2D eigenvalue weighted by Crippen LogP contribution is 2.41. The van der Waals surface area contributed by atoms with Crippen LogP contribution in [0.5, 0.6) is 5.75 Å². The van der Waals surface area contributed by atoms with Gasteiger partial charge in [0.25, 0.3) is 0 Å². The van der Waals surface area contributed by atoms with Gasteiger partial charge in [0.2, 0.25) is 0 Å². The number of carbonyl (C=O) groups is 1. The monoisotopic (exact) mass is 887 g/mol. The molecule has 17 atom stereocenters. The van der Waals surface area contributed by atoms with E-state index in [2.05, 4.69) is 4.90 Å². The van der Waals surface area contributed by atoms with Crippen LogP contribution in [0.2, 0.25) is 0 Å². The van der Waals surface area contributed by atoms with E-state index in [-0.39, 0.29) is 37.0 Å². The smallest absolute Gasteiger partial charge is 0.311 e. The topological polar surface area (TPSA) is 158 Å². The van der Waals surface area contributed by atoms with E-state index in [0.717, 1.165) is 11.1 Å². The molecular weight excluding hydrogens is 809 g/mol. The van der Waals surface area contributed by atoms with Gasteiger partial charge in [-0.05, 0) is 104 Å². The van der Waals surface area contributed by atoms with Crippen LogP contribution in [0.3, 0.4) is 0 Å². The fraction of sp³-hybridized carbons (Fsp3) is 0.735. The minimum Gasteiger partial charge on any atom is -0.490 e. The Morgan fingerprint density at radius 1 is 0.810 bits per heavy atom. The number of aliphatic hydroxyl groups excluding tert-OH is 3. The highest BCUT2D eigenvalue weighted by Gasteiger charge is 2.52. The highest BCUT2D eigenvalue weighted by molar-refractivity contribution is 5.73. The lowest BCUT2D eigenvalue weighted by Gasteiger charge is -2.49. The quantitative estimate of drug-likeness (QED) is 0.247. The molecule has 2 aromatic carbocycles. The lowest BCUT2D eigenvalue weighted by Crippen LogP contribution is -2.61. The number of rotatable bonds is 11. The molecule has 0 aromatic heterocycles. The van der Waals surface area contributed by atoms with Gasteiger partial charge in [0.1, 0.15) is 30.7 Å². The van der Waals surface area contributed by atoms with Crippen molar-refractivity contribution < 1.29 is 58.0 Å². The molecule has 0 radical (unpaired) electrons. The molecule has 3 aliphatic rings. The lowest BCUT2D eigenvalue weighted by molar-refractivity contribution is -0.319. The summed E-state index contributed by atoms with van der Waals surface area (Å²) in [5, 5.41) is 34.8. The van der Waals surface area contributed by atoms with E-state index in [1.807, 2.05) is 122 Å². The largest absolute Gasteiger partial charge is 0.490 e. The first-order valence-electron chi connectivity index (χ1n) is 22.8. The van der Waals surface area contributed by atoms with Crippen molar-refractivity contribution in [1.29, 1.82) is 0 Å². The van der Waals surface area contributed by atoms with Gasteiger partial charge in [-0.2, -0.15) is 0 Å². The van der Waals surface area contributed by atoms with Gasteiger partial charge in [-0.3, -0.25) is 4.79 Å². The molecule has 3 aliphatic heterocycles. The normalized spacial score (nSPS) is 40.5. The minimum absolute atomic E-state index is 0.0679. The van der Waals surface area contributed by atoms with Crippen LogP contribution >= 0.6 is 0 Å². The van der Waals surface area contributed by atoms with Gasteiger partial charge in [0.05, 0.1) is 47.6 Å². The third-order valence-electron chi connectivity index (χ3n) is 13.9. The number of carbonyl (C=O) groups excluding carboxylic acids is 1. The molecule has 0 spiro atoms. The Hall–Kier alpha value is -2.73. The van der Waals surface area contributed by atoms with E-state index in [1.54, 1.807) is 28.1 Å². The molecule has 14 heteroatoms. The summed E-state index contributed by atoms with van der Waals surface area (Å²) in [5.41, 5.74) is -0.0513. The van der Waals surface area contributed by atoms with Crippen molar-refractivity contribution in [3.8, 4) is 16.9 Å². The molecule has 0 unspecified atom stereocenters. The molecule has 5 rings (SSSR count). The molecule has 3 N–H and O–H groups in total. The molecule has 3 heterocycles. The van der Waals surface area contributed by atoms with Crippen molar-refractivity contribution in [3.05, 3.63) is 54.6 Å². The summed E-state index contributed by atoms with van der Waals surface area (Å²) in [4.78, 5) is 18.8. The number of ether oxygens (including phenoxy) is 8. The van der Waals surface area contributed by atoms with Gasteiger partial charge in [-0.1, -0.05) is 63.2 Å². The second-order valence-electron chi connectivity index (χ2n) is 19.5. The van der Waals surface area contributed by atoms with Gasteiger partial charge in [0.15, 0.2) is 12.6 Å². The zero-order chi connectivity index (χ0) is 46.4. The third-order valence-corrected chi connectivity index (χ3v) is 13.9. The molecular formula is C49H78N2O12. The highest BCUT2D eigenvalue weighted by atomic mass is 16.7. The number of hydrogen-bond donors (Lipinski definition) is 3. The predicted molar refractivity (Wildman–Crippen MR) is 240 cm³/mol. The van der Waals surface area contributed by atoms with Crippen LogP contribution < -0.4 is 4.74 Å². The Labute approximate surface area is 376 Å². The van der Waals surface area contributed by atoms with E-state index in [1.165, 1.54) is 0 Å². The maximum Gasteiger partial charge on any atom is 0.311 e. The number of esters is 1. The van der Waals surface area contributed by atoms with E-state index in [9.17, 15) is 20.1 Å². The summed E-state index contributed by atoms with van der Waals surface area (Å²) in [6.07, 6.45) is -6.89. The van der Waals surface area contributed by atoms with E-state index >= 15 is 0 Å². The van der Waals surface area contributed by atoms with Crippen LogP contribution in [0.4, 0.5) is 0 Å². The van der Waals surface area contributed by atoms with Crippen molar-refractivity contribution in [2.24, 2.45) is 23.7 Å². The fourth-order valence-electron chi connectivity index (χ4n) is 10.0. The molecule has 0 amide bonds. The summed E-state index contributed by atoms with van der Waals surface area (Å²) in [5.74, 6) is -1.88. The number of hydrogen-bond acceptors (Lipinski definition) is 14. The lowest BCUT2D eigenvalue weighted by atomic mass is 9.75. The first kappa shape index (κ1) is 51.3. The molecule has 14 nitrogen and oxygen atoms in total. The second kappa shape index (κ2) is 22.2. The van der Waals surface area contributed by atoms with Crippen LogP contribution in [-0.2, 0) is 38.0 Å². The van der Waals surface area contributed by atoms with E-state index in [0.29, 0.717) is 31.7 Å². The molecule has 0 bridgehead atoms. The zero-order valence-corrected chi connectivity index (χ0v) is 40.0. The number of cyclic esters (lactones) is 1. The molecule has 3 saturated heterocycles. The van der Waals surface area contributed by atoms with Gasteiger partial charge in [-0.25, -0.2) is 0 Å². The van der Waals surface area contributed by atoms with Gasteiger partial charge < -0.3 is 63.0 Å². The standard InChI is InChI=1S/C49H78N2O12/c1-29-24-49(8,57-13)45(63-47-42(53)39(50(9)10)22-31(3)59-47)32(4)43(62-40-25-48(7,56-12)44(54)34(6)60-40)33(5)46(55)61-38(27-51(11)26-30(2)41(29)52)28-58-37-21-17-20-36(23-37)35-18-15-14-16-19-35/h14-21,23,29-34,38-45,47,52-54H,22,24-28H2,1-13H3/t29-,30-,31-,32+,33-,34+,38-,39+,40+,41+,42-,43+,44+,45-,47+,48-,49+/m1/s1. The Morgan fingerprint density at radius 2 is 1.48 bits per heavy atom. The maximum absolute atomic E-state index is 14.8. The summed E-state index contributed by atoms with van der Waals surface area (Å²) in [6, 6.07) is 17.6. The van der Waals surface area contributed by atoms with E-state index in [4.69, 9.17) is 37.9 Å². The molecule has 356 valence electrons. The van der Waals surface area contributed by atoms with Crippen molar-refractivity contribution in [1.82, 2.24) is 9.80 Å². The van der Waals surface area contributed by atoms with Crippen LogP contribution in [0, 0.1) is 23.7 Å². The summed E-state index contributed by atoms with van der Waals surface area (Å²) >= 11 is 0. The number of methoxy groups -OCH3 is 2. The Balaban J connectivity index is 1.55. The maximum atomic E-state index is 14.8. The van der Waals surface area contributed by atoms with Crippen molar-refractivity contribution >= 4 is 5.97 Å². The van der Waals surface area contributed by atoms with Crippen LogP contribution in [-0.4, -0.2) is 165 Å². The SMILES string of the molecule is CO[C@]1(C)C[C@H](O[C@H]2[C@H](C)[C@@H](O[C@@H]3O[C@H](C)C[C@H](N(C)C)[C@H]3O)[C@@](C)(OC)C[C@@H](C)[C@H](O)[C@H](C)CN(C)C[C@H](COc3cccc(-c4ccccc4)c3)OC(=O)[C@@H]2C)O[C@@H](C)[C@@H]1O. The average molecular weight is 887 g/mol. The predicted octanol–water partition coefficient (Wildman–Crippen LogP) is 5.39. The summed E-state index contributed by atoms with van der Waals surface area (Å²) in [6.45, 7) is 16.1. The Bertz CT molecular complexity index is 1720. The van der Waals surface area contributed by atoms with Gasteiger partial charge in [0, 0.05) is 45.7 Å². The second-order valence-corrected chi connectivity index (χ2v) is 19.5. The molecule has 3 fully saturated rings. The average Bonchev–Trinajstić information content (AvgIpc) is 3.25. The van der Waals surface area contributed by atoms with Crippen LogP contribution in [0.1, 0.15) is 74.7 Å². The minimum atomic E-state index is -1.10. The van der Waals surface area contributed by atoms with E-state index < -0.39 is 84.3 Å². The van der Waals surface area contributed by atoms with Gasteiger partial charge >= 0.3 is 5.97 Å². The fourth-order valence-corrected chi connectivity index (χ4v) is 10.0. The molecule has 63 heavy (non-hydrogen) atoms. The van der Waals surface area contributed by atoms with Gasteiger partial charge in [-0.15, -0.1) is 0 Å². The zero-order valence-electron chi connectivity index (χ0n) is 40.0. The van der Waals surface area contributed by atoms with Crippen molar-refractivity contribution in [2.75, 3.05) is 55.1 Å². The number of likely N-dealkylation sites (N-methyl/N-ethyl adjacent to an activating group) is 2. The first-order valence-corrected chi connectivity index (χ1v) is 22.8. The Kier molecular flexibility index (Phi) is 18.0. The molecule has 0 aliphatic carbocycles. The number of benzene rings is 2. The summed E-state index contributed by atoms with van der Waals surface area (Å²) < 4.78 is 51.7. The molecule has 0 saturated carbocycles. The van der Waals surface area contributed by atoms with Crippen molar-refractivity contribution in [3.63, 3.8) is 0 Å². The van der Waals surface area contributed by atoms with Crippen LogP contribution in [0.15, 0.2) is 54.6 Å². The first-order chi connectivity index (χ1) is 29.7. The molecule has 2 aromatic rings. The van der Waals surface area contributed by atoms with Crippen LogP contribution in [0.25, 0.3) is 11.1 Å². The third kappa shape index (κ3) is 12.6. The summed E-state index contributed by atoms with van der Waals surface area (Å²) in [7, 11) is 8.95.